The van der Waals surface area contributed by atoms with Crippen molar-refractivity contribution < 1.29 is 13.2 Å². The Kier molecular flexibility index (Phi) is 3.88. The molecule has 5 heteroatoms. The summed E-state index contributed by atoms with van der Waals surface area (Å²) in [5, 5.41) is -0.670. The molecule has 0 N–H and O–H groups in total. The maximum atomic E-state index is 11.5. The molecule has 0 heterocycles. The van der Waals surface area contributed by atoms with Crippen LogP contribution in [0.15, 0.2) is 29.2 Å². The highest BCUT2D eigenvalue weighted by Gasteiger charge is 2.14. The molecular weight excluding hydrogens is 248 g/mol. The van der Waals surface area contributed by atoms with Gasteiger partial charge in [0.1, 0.15) is 0 Å². The van der Waals surface area contributed by atoms with Crippen molar-refractivity contribution in [2.75, 3.05) is 6.26 Å². The molecule has 0 fully saturated rings. The maximum Gasteiger partial charge on any atom is 0.252 e. The van der Waals surface area contributed by atoms with Gasteiger partial charge in [-0.05, 0) is 36.2 Å². The summed E-state index contributed by atoms with van der Waals surface area (Å²) in [7, 11) is -3.37. The zero-order valence-electron chi connectivity index (χ0n) is 8.90. The summed E-state index contributed by atoms with van der Waals surface area (Å²) in [5.74, 6) is 0. The maximum absolute atomic E-state index is 11.5. The summed E-state index contributed by atoms with van der Waals surface area (Å²) >= 11 is 5.30. The largest absolute Gasteiger partial charge is 0.276 e. The molecule has 3 nitrogen and oxygen atoms in total. The van der Waals surface area contributed by atoms with Crippen molar-refractivity contribution in [2.45, 2.75) is 11.8 Å². The second-order valence-corrected chi connectivity index (χ2v) is 5.63. The van der Waals surface area contributed by atoms with Crippen LogP contribution in [0.5, 0.6) is 0 Å². The molecule has 0 spiro atoms. The van der Waals surface area contributed by atoms with E-state index < -0.39 is 15.1 Å². The minimum atomic E-state index is -3.37. The lowest BCUT2D eigenvalue weighted by Crippen LogP contribution is -2.02. The van der Waals surface area contributed by atoms with E-state index in [9.17, 15) is 13.2 Å². The van der Waals surface area contributed by atoms with Gasteiger partial charge in [0, 0.05) is 11.8 Å². The predicted octanol–water partition coefficient (Wildman–Crippen LogP) is 2.50. The van der Waals surface area contributed by atoms with E-state index in [4.69, 9.17) is 11.6 Å². The normalized spacial score (nSPS) is 11.9. The molecule has 0 atom stereocenters. The standard InChI is InChI=1S/C11H11ClO3S/c1-3-4-8-5-6-9(11(12)13)7-10(8)16(2,14)15/h3-7H,1-2H3. The zero-order valence-corrected chi connectivity index (χ0v) is 10.5. The Hall–Kier alpha value is -1.13. The Balaban J connectivity index is 3.51. The highest BCUT2D eigenvalue weighted by atomic mass is 35.5. The molecule has 0 saturated heterocycles. The summed E-state index contributed by atoms with van der Waals surface area (Å²) in [4.78, 5) is 11.1. The summed E-state index contributed by atoms with van der Waals surface area (Å²) in [6.45, 7) is 1.78. The number of sulfone groups is 1. The Morgan fingerprint density at radius 3 is 2.44 bits per heavy atom. The van der Waals surface area contributed by atoms with Crippen LogP contribution >= 0.6 is 11.6 Å². The van der Waals surface area contributed by atoms with E-state index in [1.165, 1.54) is 12.1 Å². The number of hydrogen-bond donors (Lipinski definition) is 0. The molecule has 0 radical (unpaired) electrons. The second kappa shape index (κ2) is 4.80. The molecule has 86 valence electrons. The topological polar surface area (TPSA) is 51.2 Å². The van der Waals surface area contributed by atoms with Crippen LogP contribution in [-0.2, 0) is 9.84 Å². The highest BCUT2D eigenvalue weighted by Crippen LogP contribution is 2.20. The molecule has 0 bridgehead atoms. The van der Waals surface area contributed by atoms with Gasteiger partial charge >= 0.3 is 0 Å². The predicted molar refractivity (Wildman–Crippen MR) is 64.4 cm³/mol. The number of rotatable bonds is 3. The van der Waals surface area contributed by atoms with E-state index in [0.29, 0.717) is 5.56 Å². The van der Waals surface area contributed by atoms with Crippen LogP contribution in [0.2, 0.25) is 0 Å². The van der Waals surface area contributed by atoms with Crippen LogP contribution in [0.25, 0.3) is 6.08 Å². The van der Waals surface area contributed by atoms with E-state index >= 15 is 0 Å². The van der Waals surface area contributed by atoms with Gasteiger partial charge in [0.05, 0.1) is 4.90 Å². The quantitative estimate of drug-likeness (QED) is 0.783. The molecule has 0 aliphatic carbocycles. The van der Waals surface area contributed by atoms with Crippen molar-refractivity contribution in [3.05, 3.63) is 35.4 Å². The fourth-order valence-corrected chi connectivity index (χ4v) is 2.32. The van der Waals surface area contributed by atoms with Crippen molar-refractivity contribution in [3.8, 4) is 0 Å². The van der Waals surface area contributed by atoms with Crippen LogP contribution in [0.1, 0.15) is 22.8 Å². The highest BCUT2D eigenvalue weighted by molar-refractivity contribution is 7.90. The van der Waals surface area contributed by atoms with Crippen LogP contribution in [0, 0.1) is 0 Å². The first-order valence-corrected chi connectivity index (χ1v) is 6.80. The Morgan fingerprint density at radius 2 is 2.00 bits per heavy atom. The van der Waals surface area contributed by atoms with E-state index in [0.717, 1.165) is 6.26 Å². The van der Waals surface area contributed by atoms with Gasteiger partial charge in [0.2, 0.25) is 0 Å². The number of halogens is 1. The molecule has 1 rings (SSSR count). The van der Waals surface area contributed by atoms with E-state index in [1.54, 1.807) is 25.1 Å². The van der Waals surface area contributed by atoms with Crippen molar-refractivity contribution in [2.24, 2.45) is 0 Å². The monoisotopic (exact) mass is 258 g/mol. The molecule has 0 amide bonds. The lowest BCUT2D eigenvalue weighted by Gasteiger charge is -2.05. The third kappa shape index (κ3) is 2.93. The first-order valence-electron chi connectivity index (χ1n) is 4.53. The third-order valence-corrected chi connectivity index (χ3v) is 3.36. The third-order valence-electron chi connectivity index (χ3n) is 1.99. The van der Waals surface area contributed by atoms with E-state index in [2.05, 4.69) is 0 Å². The molecule has 0 unspecified atom stereocenters. The number of benzene rings is 1. The van der Waals surface area contributed by atoms with Crippen molar-refractivity contribution in [1.82, 2.24) is 0 Å². The zero-order chi connectivity index (χ0) is 12.3. The van der Waals surface area contributed by atoms with Gasteiger partial charge in [-0.1, -0.05) is 18.2 Å². The molecule has 16 heavy (non-hydrogen) atoms. The molecule has 0 aliphatic heterocycles. The summed E-state index contributed by atoms with van der Waals surface area (Å²) < 4.78 is 23.0. The number of hydrogen-bond acceptors (Lipinski definition) is 3. The van der Waals surface area contributed by atoms with E-state index in [-0.39, 0.29) is 10.5 Å². The minimum absolute atomic E-state index is 0.108. The number of allylic oxidation sites excluding steroid dienone is 1. The fraction of sp³-hybridized carbons (Fsp3) is 0.182. The van der Waals surface area contributed by atoms with Gasteiger partial charge < -0.3 is 0 Å². The van der Waals surface area contributed by atoms with Crippen molar-refractivity contribution >= 4 is 32.8 Å². The lowest BCUT2D eigenvalue weighted by molar-refractivity contribution is 0.108. The van der Waals surface area contributed by atoms with Gasteiger partial charge in [-0.3, -0.25) is 4.79 Å². The SMILES string of the molecule is CC=Cc1ccc(C(=O)Cl)cc1S(C)(=O)=O. The Labute approximate surface area is 99.7 Å². The molecular formula is C11H11ClO3S. The summed E-state index contributed by atoms with van der Waals surface area (Å²) in [6.07, 6.45) is 4.49. The first-order chi connectivity index (χ1) is 7.36. The molecule has 1 aromatic carbocycles. The van der Waals surface area contributed by atoms with Crippen molar-refractivity contribution in [3.63, 3.8) is 0 Å². The first kappa shape index (κ1) is 12.9. The van der Waals surface area contributed by atoms with Gasteiger partial charge in [0.25, 0.3) is 5.24 Å². The average molecular weight is 259 g/mol. The average Bonchev–Trinajstić information content (AvgIpc) is 2.16. The van der Waals surface area contributed by atoms with Crippen LogP contribution in [0.4, 0.5) is 0 Å². The molecule has 0 saturated carbocycles. The minimum Gasteiger partial charge on any atom is -0.276 e. The molecule has 0 aliphatic rings. The molecule has 1 aromatic rings. The Morgan fingerprint density at radius 1 is 1.38 bits per heavy atom. The smallest absolute Gasteiger partial charge is 0.252 e. The summed E-state index contributed by atoms with van der Waals surface area (Å²) in [6, 6.07) is 4.35. The van der Waals surface area contributed by atoms with Crippen LogP contribution < -0.4 is 0 Å². The van der Waals surface area contributed by atoms with Crippen LogP contribution in [-0.4, -0.2) is 19.9 Å². The van der Waals surface area contributed by atoms with Gasteiger partial charge in [-0.15, -0.1) is 0 Å². The number of carbonyl (C=O) groups is 1. The molecule has 0 aromatic heterocycles. The van der Waals surface area contributed by atoms with Crippen molar-refractivity contribution in [1.29, 1.82) is 0 Å². The van der Waals surface area contributed by atoms with Crippen LogP contribution in [0.3, 0.4) is 0 Å². The van der Waals surface area contributed by atoms with Gasteiger partial charge in [-0.2, -0.15) is 0 Å². The van der Waals surface area contributed by atoms with Gasteiger partial charge in [-0.25, -0.2) is 8.42 Å². The summed E-state index contributed by atoms with van der Waals surface area (Å²) in [5.41, 5.74) is 0.724. The second-order valence-electron chi connectivity index (χ2n) is 3.30. The van der Waals surface area contributed by atoms with Gasteiger partial charge in [0.15, 0.2) is 9.84 Å². The number of carbonyl (C=O) groups excluding carboxylic acids is 1. The fourth-order valence-electron chi connectivity index (χ4n) is 1.29. The lowest BCUT2D eigenvalue weighted by atomic mass is 10.1. The Bertz CT molecular complexity index is 544. The van der Waals surface area contributed by atoms with E-state index in [1.807, 2.05) is 0 Å².